The van der Waals surface area contributed by atoms with Crippen LogP contribution >= 0.6 is 0 Å². The molecule has 8 rings (SSSR count). The molecule has 0 spiro atoms. The fourth-order valence-electron chi connectivity index (χ4n) is 8.16. The van der Waals surface area contributed by atoms with Crippen molar-refractivity contribution in [2.24, 2.45) is 0 Å². The zero-order valence-corrected chi connectivity index (χ0v) is 41.7. The number of fused-ring (bicyclic) bond motifs is 2. The highest BCUT2D eigenvalue weighted by molar-refractivity contribution is 6.02. The molecule has 0 aliphatic carbocycles. The van der Waals surface area contributed by atoms with E-state index >= 15 is 0 Å². The molecule has 4 atom stereocenters. The quantitative estimate of drug-likeness (QED) is 0.0640. The molecule has 5 N–H and O–H groups in total. The molecule has 71 heavy (non-hydrogen) atoms. The largest absolute Gasteiger partial charge is 0.493 e. The van der Waals surface area contributed by atoms with Gasteiger partial charge in [0.25, 0.3) is 0 Å². The molecule has 0 saturated carbocycles. The second-order valence-corrected chi connectivity index (χ2v) is 18.8. The number of anilines is 2. The summed E-state index contributed by atoms with van der Waals surface area (Å²) in [5.41, 5.74) is 3.23. The number of nitrogens with zero attached hydrogens (tertiary/aromatic N) is 5. The number of aliphatic hydroxyl groups is 2. The molecule has 20 heteroatoms. The number of hydrogen-bond donors (Lipinski definition) is 5. The standard InChI is InChI=1S/C28H36N4O7.C23H28N4O5/c1-17(33)7-9-38-19-11-22(31-24(12-19)28(36-6)8-10-37-16-28)21-15-32(26(35)39-27(3,4)5)23-14-29-25(13-20(21)23)30-18(2)34;1-14(28)4-6-32-16-8-19(27-21(9-16)23(30-3)5-7-31-13-23)18-11-24-20-12-25-22(10-17(18)20)26-15(2)29/h11-15,17,33H,7-10,16H2,1-6H3,(H,29,30,34);8-12,14,24,28H,4-7,13H2,1-3H3,(H,25,26,29). The van der Waals surface area contributed by atoms with E-state index in [9.17, 15) is 24.6 Å². The molecular formula is C51H64N8O12. The minimum atomic E-state index is -0.759. The second kappa shape index (κ2) is 22.3. The molecule has 0 radical (unpaired) electrons. The molecule has 2 fully saturated rings. The van der Waals surface area contributed by atoms with Gasteiger partial charge in [0, 0.05) is 126 Å². The Kier molecular flexibility index (Phi) is 16.4. The van der Waals surface area contributed by atoms with Gasteiger partial charge in [-0.2, -0.15) is 0 Å². The lowest BCUT2D eigenvalue weighted by Crippen LogP contribution is -2.30. The van der Waals surface area contributed by atoms with Crippen LogP contribution in [0.3, 0.4) is 0 Å². The van der Waals surface area contributed by atoms with E-state index < -0.39 is 35.1 Å². The van der Waals surface area contributed by atoms with E-state index in [1.165, 1.54) is 24.6 Å². The highest BCUT2D eigenvalue weighted by atomic mass is 16.6. The molecule has 6 aromatic heterocycles. The van der Waals surface area contributed by atoms with Crippen LogP contribution < -0.4 is 20.1 Å². The van der Waals surface area contributed by atoms with Crippen LogP contribution in [0.1, 0.15) is 85.5 Å². The van der Waals surface area contributed by atoms with Gasteiger partial charge >= 0.3 is 6.09 Å². The van der Waals surface area contributed by atoms with Gasteiger partial charge in [-0.25, -0.2) is 24.7 Å². The van der Waals surface area contributed by atoms with E-state index in [4.69, 9.17) is 43.1 Å². The summed E-state index contributed by atoms with van der Waals surface area (Å²) in [6.45, 7) is 14.2. The number of nitrogens with one attached hydrogen (secondary N) is 3. The fourth-order valence-corrected chi connectivity index (χ4v) is 8.16. The Morgan fingerprint density at radius 3 is 1.73 bits per heavy atom. The van der Waals surface area contributed by atoms with Crippen LogP contribution in [0.4, 0.5) is 16.4 Å². The van der Waals surface area contributed by atoms with Crippen molar-refractivity contribution in [3.05, 3.63) is 72.6 Å². The van der Waals surface area contributed by atoms with Crippen molar-refractivity contribution in [3.63, 3.8) is 0 Å². The van der Waals surface area contributed by atoms with E-state index in [0.717, 1.165) is 22.2 Å². The minimum Gasteiger partial charge on any atom is -0.493 e. The Labute approximate surface area is 411 Å². The average Bonchev–Trinajstić information content (AvgIpc) is 4.14. The van der Waals surface area contributed by atoms with E-state index in [2.05, 4.69) is 25.6 Å². The number of aromatic amines is 1. The zero-order valence-electron chi connectivity index (χ0n) is 41.7. The fraction of sp³-hybridized carbons (Fsp3) is 0.471. The van der Waals surface area contributed by atoms with Crippen LogP contribution in [-0.4, -0.2) is 129 Å². The van der Waals surface area contributed by atoms with Crippen molar-refractivity contribution >= 4 is 51.3 Å². The number of pyridine rings is 4. The first kappa shape index (κ1) is 52.3. The summed E-state index contributed by atoms with van der Waals surface area (Å²) in [4.78, 5) is 58.0. The maximum Gasteiger partial charge on any atom is 0.419 e. The van der Waals surface area contributed by atoms with Crippen molar-refractivity contribution in [2.45, 2.75) is 103 Å². The number of aromatic nitrogens is 6. The molecule has 380 valence electrons. The number of hydrogen-bond acceptors (Lipinski definition) is 16. The Morgan fingerprint density at radius 1 is 0.761 bits per heavy atom. The number of aliphatic hydroxyl groups excluding tert-OH is 2. The molecule has 2 amide bonds. The number of rotatable bonds is 16. The van der Waals surface area contributed by atoms with Gasteiger partial charge in [0.2, 0.25) is 11.8 Å². The van der Waals surface area contributed by atoms with Gasteiger partial charge in [-0.3, -0.25) is 14.2 Å². The summed E-state index contributed by atoms with van der Waals surface area (Å²) in [5, 5.41) is 26.2. The Bertz CT molecular complexity index is 2840. The SMILES string of the molecule is COC1(c2cc(OCCC(C)O)cc(-c3c[nH]c4cnc(NC(C)=O)cc34)n2)CCOC1.COC1(c2cc(OCCC(C)O)cc(-c3cn(C(=O)OC(C)(C)C)c4cnc(NC(C)=O)cc34)n2)CCOC1. The van der Waals surface area contributed by atoms with Gasteiger partial charge in [-0.15, -0.1) is 0 Å². The third-order valence-corrected chi connectivity index (χ3v) is 11.9. The Balaban J connectivity index is 0.000000213. The molecule has 20 nitrogen and oxygen atoms in total. The van der Waals surface area contributed by atoms with Crippen LogP contribution in [0.5, 0.6) is 11.5 Å². The summed E-state index contributed by atoms with van der Waals surface area (Å²) in [5.74, 6) is 1.51. The lowest BCUT2D eigenvalue weighted by molar-refractivity contribution is -0.115. The van der Waals surface area contributed by atoms with E-state index in [1.807, 2.05) is 30.5 Å². The zero-order chi connectivity index (χ0) is 51.1. The number of ether oxygens (including phenoxy) is 7. The number of amides is 2. The minimum absolute atomic E-state index is 0.189. The number of methoxy groups -OCH3 is 2. The van der Waals surface area contributed by atoms with Gasteiger partial charge in [0.05, 0.1) is 84.8 Å². The smallest absolute Gasteiger partial charge is 0.419 e. The third-order valence-electron chi connectivity index (χ3n) is 11.9. The first-order chi connectivity index (χ1) is 33.8. The number of H-pyrrole nitrogens is 1. The molecule has 2 aliphatic rings. The summed E-state index contributed by atoms with van der Waals surface area (Å²) in [6, 6.07) is 10.9. The van der Waals surface area contributed by atoms with Gasteiger partial charge < -0.3 is 59.0 Å². The molecule has 6 aromatic rings. The predicted molar refractivity (Wildman–Crippen MR) is 264 cm³/mol. The van der Waals surface area contributed by atoms with Crippen LogP contribution in [0.2, 0.25) is 0 Å². The van der Waals surface area contributed by atoms with Gasteiger partial charge in [-0.05, 0) is 46.8 Å². The van der Waals surface area contributed by atoms with E-state index in [-0.39, 0.29) is 11.8 Å². The maximum absolute atomic E-state index is 13.2. The Hall–Kier alpha value is -6.55. The van der Waals surface area contributed by atoms with E-state index in [0.29, 0.717) is 122 Å². The van der Waals surface area contributed by atoms with Gasteiger partial charge in [-0.1, -0.05) is 0 Å². The number of carbonyl (C=O) groups excluding carboxylic acids is 3. The lowest BCUT2D eigenvalue weighted by atomic mass is 9.96. The van der Waals surface area contributed by atoms with Crippen molar-refractivity contribution in [2.75, 3.05) is 64.5 Å². The monoisotopic (exact) mass is 980 g/mol. The van der Waals surface area contributed by atoms with E-state index in [1.54, 1.807) is 73.4 Å². The molecule has 0 aromatic carbocycles. The van der Waals surface area contributed by atoms with Crippen LogP contribution in [-0.2, 0) is 44.5 Å². The lowest BCUT2D eigenvalue weighted by Gasteiger charge is -2.26. The molecule has 2 saturated heterocycles. The Morgan fingerprint density at radius 2 is 1.27 bits per heavy atom. The molecule has 2 aliphatic heterocycles. The first-order valence-electron chi connectivity index (χ1n) is 23.5. The highest BCUT2D eigenvalue weighted by Gasteiger charge is 2.40. The van der Waals surface area contributed by atoms with Crippen molar-refractivity contribution in [1.82, 2.24) is 29.5 Å². The van der Waals surface area contributed by atoms with Gasteiger partial charge in [0.15, 0.2) is 0 Å². The summed E-state index contributed by atoms with van der Waals surface area (Å²) >= 11 is 0. The van der Waals surface area contributed by atoms with Crippen LogP contribution in [0.15, 0.2) is 61.2 Å². The summed E-state index contributed by atoms with van der Waals surface area (Å²) < 4.78 is 42.0. The first-order valence-corrected chi connectivity index (χ1v) is 23.5. The molecular weight excluding hydrogens is 917 g/mol. The molecule has 0 bridgehead atoms. The molecule has 4 unspecified atom stereocenters. The number of carbonyl (C=O) groups is 3. The average molecular weight is 981 g/mol. The summed E-state index contributed by atoms with van der Waals surface area (Å²) in [7, 11) is 3.28. The topological polar surface area (TPSA) is 253 Å². The normalized spacial score (nSPS) is 18.7. The second-order valence-electron chi connectivity index (χ2n) is 18.8. The van der Waals surface area contributed by atoms with Crippen molar-refractivity contribution < 1.29 is 57.8 Å². The van der Waals surface area contributed by atoms with Crippen LogP contribution in [0.25, 0.3) is 44.3 Å². The predicted octanol–water partition coefficient (Wildman–Crippen LogP) is 7.25. The molecule has 8 heterocycles. The van der Waals surface area contributed by atoms with Gasteiger partial charge in [0.1, 0.15) is 39.9 Å². The summed E-state index contributed by atoms with van der Waals surface area (Å²) in [6.07, 6.45) is 7.45. The van der Waals surface area contributed by atoms with Crippen LogP contribution in [0, 0.1) is 0 Å². The van der Waals surface area contributed by atoms with Crippen molar-refractivity contribution in [3.8, 4) is 34.0 Å². The van der Waals surface area contributed by atoms with Crippen molar-refractivity contribution in [1.29, 1.82) is 0 Å². The third kappa shape index (κ3) is 12.7. The maximum atomic E-state index is 13.2. The highest BCUT2D eigenvalue weighted by Crippen LogP contribution is 2.40.